The van der Waals surface area contributed by atoms with E-state index >= 15 is 0 Å². The number of aryl methyl sites for hydroxylation is 1. The fraction of sp³-hybridized carbons (Fsp3) is 0.182. The molecule has 0 saturated carbocycles. The van der Waals surface area contributed by atoms with Crippen molar-refractivity contribution >= 4 is 40.9 Å². The number of aromatic nitrogens is 3. The van der Waals surface area contributed by atoms with Gasteiger partial charge in [-0.2, -0.15) is 0 Å². The summed E-state index contributed by atoms with van der Waals surface area (Å²) < 4.78 is 1.82. The maximum atomic E-state index is 12.3. The van der Waals surface area contributed by atoms with Gasteiger partial charge in [0.05, 0.1) is 12.3 Å². The lowest BCUT2D eigenvalue weighted by Gasteiger charge is -2.09. The van der Waals surface area contributed by atoms with Gasteiger partial charge in [-0.05, 0) is 48.9 Å². The molecule has 0 aliphatic carbocycles. The molecule has 2 amide bonds. The number of thioether (sulfide) groups is 1. The quantitative estimate of drug-likeness (QED) is 0.375. The van der Waals surface area contributed by atoms with Crippen molar-refractivity contribution in [2.45, 2.75) is 25.2 Å². The molecule has 9 heteroatoms. The molecular formula is C22H22ClN5O2S. The number of rotatable bonds is 9. The van der Waals surface area contributed by atoms with E-state index in [9.17, 15) is 9.59 Å². The summed E-state index contributed by atoms with van der Waals surface area (Å²) in [6.07, 6.45) is 1.71. The van der Waals surface area contributed by atoms with Crippen LogP contribution in [-0.2, 0) is 17.9 Å². The van der Waals surface area contributed by atoms with Crippen LogP contribution in [0, 0.1) is 6.92 Å². The molecule has 0 bridgehead atoms. The van der Waals surface area contributed by atoms with Gasteiger partial charge in [-0.1, -0.05) is 41.6 Å². The van der Waals surface area contributed by atoms with Gasteiger partial charge in [0, 0.05) is 22.8 Å². The summed E-state index contributed by atoms with van der Waals surface area (Å²) in [5, 5.41) is 15.2. The molecule has 3 aromatic rings. The van der Waals surface area contributed by atoms with Crippen LogP contribution in [0.4, 0.5) is 5.69 Å². The number of benzene rings is 2. The fourth-order valence-electron chi connectivity index (χ4n) is 2.78. The first kappa shape index (κ1) is 22.6. The minimum atomic E-state index is -0.239. The van der Waals surface area contributed by atoms with E-state index in [0.717, 1.165) is 11.3 Å². The topological polar surface area (TPSA) is 88.9 Å². The van der Waals surface area contributed by atoms with Gasteiger partial charge in [0.25, 0.3) is 5.91 Å². The van der Waals surface area contributed by atoms with Gasteiger partial charge in [-0.3, -0.25) is 9.59 Å². The molecule has 1 aromatic heterocycles. The summed E-state index contributed by atoms with van der Waals surface area (Å²) in [5.74, 6) is 0.377. The van der Waals surface area contributed by atoms with Crippen molar-refractivity contribution in [3.8, 4) is 0 Å². The van der Waals surface area contributed by atoms with Crippen LogP contribution in [0.15, 0.2) is 66.3 Å². The van der Waals surface area contributed by atoms with Crippen LogP contribution in [0.1, 0.15) is 21.7 Å². The first-order chi connectivity index (χ1) is 15.0. The molecule has 2 N–H and O–H groups in total. The van der Waals surface area contributed by atoms with E-state index in [1.54, 1.807) is 30.3 Å². The Balaban J connectivity index is 1.60. The molecule has 0 aliphatic rings. The zero-order valence-corrected chi connectivity index (χ0v) is 18.5. The van der Waals surface area contributed by atoms with E-state index in [0.29, 0.717) is 28.1 Å². The Morgan fingerprint density at radius 1 is 1.19 bits per heavy atom. The molecule has 0 radical (unpaired) electrons. The molecule has 0 spiro atoms. The molecule has 2 aromatic carbocycles. The van der Waals surface area contributed by atoms with Gasteiger partial charge in [0.15, 0.2) is 11.0 Å². The Bertz CT molecular complexity index is 1080. The zero-order chi connectivity index (χ0) is 22.2. The van der Waals surface area contributed by atoms with Crippen LogP contribution in [0.3, 0.4) is 0 Å². The summed E-state index contributed by atoms with van der Waals surface area (Å²) in [5.41, 5.74) is 2.33. The standard InChI is InChI=1S/C22H22ClN5O2S/c1-3-11-28-19(13-24-21(30)16-7-9-17(23)10-8-16)26-27-22(28)31-14-20(29)25-18-6-4-5-15(2)12-18/h3-10,12H,1,11,13-14H2,2H3,(H,24,30)(H,25,29). The molecular weight excluding hydrogens is 434 g/mol. The average Bonchev–Trinajstić information content (AvgIpc) is 3.13. The Hall–Kier alpha value is -3.10. The summed E-state index contributed by atoms with van der Waals surface area (Å²) in [6, 6.07) is 14.2. The summed E-state index contributed by atoms with van der Waals surface area (Å²) >= 11 is 7.13. The number of halogens is 1. The Morgan fingerprint density at radius 3 is 2.68 bits per heavy atom. The van der Waals surface area contributed by atoms with E-state index < -0.39 is 0 Å². The van der Waals surface area contributed by atoms with Gasteiger partial charge in [0.1, 0.15) is 0 Å². The van der Waals surface area contributed by atoms with Crippen LogP contribution < -0.4 is 10.6 Å². The molecule has 0 fully saturated rings. The maximum absolute atomic E-state index is 12.3. The maximum Gasteiger partial charge on any atom is 0.251 e. The van der Waals surface area contributed by atoms with E-state index in [1.807, 2.05) is 35.8 Å². The van der Waals surface area contributed by atoms with Gasteiger partial charge in [-0.25, -0.2) is 0 Å². The SMILES string of the molecule is C=CCn1c(CNC(=O)c2ccc(Cl)cc2)nnc1SCC(=O)Nc1cccc(C)c1. The first-order valence-corrected chi connectivity index (χ1v) is 10.9. The second kappa shape index (κ2) is 10.8. The predicted molar refractivity (Wildman–Crippen MR) is 123 cm³/mol. The van der Waals surface area contributed by atoms with Gasteiger partial charge < -0.3 is 15.2 Å². The van der Waals surface area contributed by atoms with Gasteiger partial charge >= 0.3 is 0 Å². The van der Waals surface area contributed by atoms with Crippen LogP contribution in [0.25, 0.3) is 0 Å². The lowest BCUT2D eigenvalue weighted by molar-refractivity contribution is -0.113. The first-order valence-electron chi connectivity index (χ1n) is 9.52. The van der Waals surface area contributed by atoms with Crippen LogP contribution >= 0.6 is 23.4 Å². The summed E-state index contributed by atoms with van der Waals surface area (Å²) in [4.78, 5) is 24.6. The second-order valence-corrected chi connectivity index (χ2v) is 8.07. The molecule has 3 rings (SSSR count). The van der Waals surface area contributed by atoms with Crippen molar-refractivity contribution in [3.63, 3.8) is 0 Å². The van der Waals surface area contributed by atoms with Crippen molar-refractivity contribution in [1.82, 2.24) is 20.1 Å². The molecule has 7 nitrogen and oxygen atoms in total. The third-order valence-electron chi connectivity index (χ3n) is 4.25. The highest BCUT2D eigenvalue weighted by molar-refractivity contribution is 7.99. The Morgan fingerprint density at radius 2 is 1.97 bits per heavy atom. The third-order valence-corrected chi connectivity index (χ3v) is 5.47. The normalized spacial score (nSPS) is 10.5. The highest BCUT2D eigenvalue weighted by Gasteiger charge is 2.15. The number of anilines is 1. The van der Waals surface area contributed by atoms with E-state index in [-0.39, 0.29) is 24.1 Å². The highest BCUT2D eigenvalue weighted by Crippen LogP contribution is 2.18. The van der Waals surface area contributed by atoms with Crippen molar-refractivity contribution < 1.29 is 9.59 Å². The van der Waals surface area contributed by atoms with Crippen LogP contribution in [0.5, 0.6) is 0 Å². The number of hydrogen-bond donors (Lipinski definition) is 2. The Kier molecular flexibility index (Phi) is 7.86. The minimum absolute atomic E-state index is 0.138. The summed E-state index contributed by atoms with van der Waals surface area (Å²) in [6.45, 7) is 6.38. The van der Waals surface area contributed by atoms with Crippen molar-refractivity contribution in [3.05, 3.63) is 83.2 Å². The molecule has 31 heavy (non-hydrogen) atoms. The number of carbonyl (C=O) groups excluding carboxylic acids is 2. The fourth-order valence-corrected chi connectivity index (χ4v) is 3.67. The molecule has 160 valence electrons. The largest absolute Gasteiger partial charge is 0.345 e. The molecule has 0 saturated heterocycles. The van der Waals surface area contributed by atoms with Gasteiger partial charge in [-0.15, -0.1) is 16.8 Å². The second-order valence-electron chi connectivity index (χ2n) is 6.69. The third kappa shape index (κ3) is 6.44. The minimum Gasteiger partial charge on any atom is -0.345 e. The van der Waals surface area contributed by atoms with Crippen molar-refractivity contribution in [2.75, 3.05) is 11.1 Å². The molecule has 0 atom stereocenters. The van der Waals surface area contributed by atoms with Crippen LogP contribution in [-0.4, -0.2) is 32.3 Å². The van der Waals surface area contributed by atoms with E-state index in [4.69, 9.17) is 11.6 Å². The lowest BCUT2D eigenvalue weighted by Crippen LogP contribution is -2.24. The smallest absolute Gasteiger partial charge is 0.251 e. The molecule has 1 heterocycles. The zero-order valence-electron chi connectivity index (χ0n) is 17.0. The highest BCUT2D eigenvalue weighted by atomic mass is 35.5. The van der Waals surface area contributed by atoms with E-state index in [1.165, 1.54) is 11.8 Å². The number of nitrogens with one attached hydrogen (secondary N) is 2. The number of amides is 2. The lowest BCUT2D eigenvalue weighted by atomic mass is 10.2. The van der Waals surface area contributed by atoms with Crippen molar-refractivity contribution in [1.29, 1.82) is 0 Å². The average molecular weight is 456 g/mol. The Labute approximate surface area is 189 Å². The number of allylic oxidation sites excluding steroid dienone is 1. The molecule has 0 aliphatic heterocycles. The van der Waals surface area contributed by atoms with E-state index in [2.05, 4.69) is 27.4 Å². The monoisotopic (exact) mass is 455 g/mol. The number of hydrogen-bond acceptors (Lipinski definition) is 5. The van der Waals surface area contributed by atoms with Gasteiger partial charge in [0.2, 0.25) is 5.91 Å². The molecule has 0 unspecified atom stereocenters. The number of carbonyl (C=O) groups is 2. The van der Waals surface area contributed by atoms with Crippen LogP contribution in [0.2, 0.25) is 5.02 Å². The van der Waals surface area contributed by atoms with Crippen molar-refractivity contribution in [2.24, 2.45) is 0 Å². The number of nitrogens with zero attached hydrogens (tertiary/aromatic N) is 3. The predicted octanol–water partition coefficient (Wildman–Crippen LogP) is 4.09. The summed E-state index contributed by atoms with van der Waals surface area (Å²) in [7, 11) is 0.